The molecule has 10 nitrogen and oxygen atoms in total. The summed E-state index contributed by atoms with van der Waals surface area (Å²) in [5.74, 6) is -0.789. The van der Waals surface area contributed by atoms with Gasteiger partial charge in [0.25, 0.3) is 0 Å². The van der Waals surface area contributed by atoms with E-state index in [0.29, 0.717) is 18.1 Å². The van der Waals surface area contributed by atoms with Crippen molar-refractivity contribution in [3.8, 4) is 17.4 Å². The molecule has 1 aliphatic carbocycles. The normalized spacial score (nSPS) is 17.0. The smallest absolute Gasteiger partial charge is 0.387 e. The Morgan fingerprint density at radius 2 is 1.87 bits per heavy atom. The number of methoxy groups -OCH3 is 1. The molecule has 4 rings (SSSR count). The Morgan fingerprint density at radius 1 is 1.15 bits per heavy atom. The lowest BCUT2D eigenvalue weighted by atomic mass is 10.1. The lowest BCUT2D eigenvalue weighted by Crippen LogP contribution is -2.28. The Morgan fingerprint density at radius 3 is 2.44 bits per heavy atom. The SMILES string of the molecule is COC(=O)c1ccc(OC(=O)C2=C([C@H](C)N)O[C@@H](c3ccc(OC(F)F)c(OCC4CC4)c3)N2C)nc1.Cl.Cl. The van der Waals surface area contributed by atoms with Crippen LogP contribution >= 0.6 is 24.8 Å². The van der Waals surface area contributed by atoms with Gasteiger partial charge in [-0.15, -0.1) is 24.8 Å². The fourth-order valence-corrected chi connectivity index (χ4v) is 3.70. The molecule has 1 saturated carbocycles. The number of carbonyl (C=O) groups excluding carboxylic acids is 2. The van der Waals surface area contributed by atoms with Gasteiger partial charge in [-0.3, -0.25) is 0 Å². The van der Waals surface area contributed by atoms with Gasteiger partial charge in [-0.25, -0.2) is 14.6 Å². The predicted octanol–water partition coefficient (Wildman–Crippen LogP) is 4.23. The van der Waals surface area contributed by atoms with Gasteiger partial charge >= 0.3 is 18.6 Å². The van der Waals surface area contributed by atoms with Crippen LogP contribution < -0.4 is 19.9 Å². The van der Waals surface area contributed by atoms with Crippen LogP contribution in [0.2, 0.25) is 0 Å². The van der Waals surface area contributed by atoms with Crippen molar-refractivity contribution in [2.45, 2.75) is 38.6 Å². The number of nitrogens with two attached hydrogens (primary N) is 1. The third-order valence-electron chi connectivity index (χ3n) is 5.78. The molecule has 2 aromatic rings. The van der Waals surface area contributed by atoms with Gasteiger partial charge < -0.3 is 34.3 Å². The Hall–Kier alpha value is -3.35. The van der Waals surface area contributed by atoms with Crippen LogP contribution in [0.5, 0.6) is 17.4 Å². The molecule has 0 radical (unpaired) electrons. The lowest BCUT2D eigenvalue weighted by Gasteiger charge is -2.24. The molecule has 0 bridgehead atoms. The molecule has 2 aliphatic rings. The number of carbonyl (C=O) groups is 2. The number of aromatic nitrogens is 1. The van der Waals surface area contributed by atoms with Crippen LogP contribution in [0.4, 0.5) is 8.78 Å². The van der Waals surface area contributed by atoms with Crippen molar-refractivity contribution in [2.75, 3.05) is 20.8 Å². The minimum absolute atomic E-state index is 0. The van der Waals surface area contributed by atoms with Gasteiger partial charge in [-0.1, -0.05) is 0 Å². The topological polar surface area (TPSA) is 122 Å². The second kappa shape index (κ2) is 13.6. The number of halogens is 4. The van der Waals surface area contributed by atoms with Crippen molar-refractivity contribution in [1.29, 1.82) is 0 Å². The number of rotatable bonds is 10. The van der Waals surface area contributed by atoms with Gasteiger partial charge in [0.05, 0.1) is 25.3 Å². The molecule has 2 N–H and O–H groups in total. The molecule has 1 aliphatic heterocycles. The van der Waals surface area contributed by atoms with Crippen molar-refractivity contribution in [3.05, 3.63) is 59.1 Å². The zero-order valence-corrected chi connectivity index (χ0v) is 22.9. The summed E-state index contributed by atoms with van der Waals surface area (Å²) in [6.07, 6.45) is 2.44. The van der Waals surface area contributed by atoms with E-state index in [4.69, 9.17) is 19.9 Å². The first-order chi connectivity index (χ1) is 17.7. The Balaban J connectivity index is 0.00000267. The summed E-state index contributed by atoms with van der Waals surface area (Å²) in [5, 5.41) is 0. The molecule has 1 fully saturated rings. The quantitative estimate of drug-likeness (QED) is 0.401. The number of pyridine rings is 1. The van der Waals surface area contributed by atoms with E-state index in [-0.39, 0.29) is 59.2 Å². The van der Waals surface area contributed by atoms with E-state index in [2.05, 4.69) is 14.5 Å². The number of benzene rings is 1. The zero-order valence-electron chi connectivity index (χ0n) is 21.3. The monoisotopic (exact) mass is 591 g/mol. The first kappa shape index (κ1) is 31.9. The van der Waals surface area contributed by atoms with E-state index in [1.165, 1.54) is 36.4 Å². The summed E-state index contributed by atoms with van der Waals surface area (Å²) in [6, 6.07) is 6.55. The molecule has 2 heterocycles. The molecule has 1 aromatic heterocycles. The average Bonchev–Trinajstić information content (AvgIpc) is 3.63. The van der Waals surface area contributed by atoms with Crippen LogP contribution in [0.3, 0.4) is 0 Å². The van der Waals surface area contributed by atoms with Crippen LogP contribution in [0.15, 0.2) is 48.0 Å². The predicted molar refractivity (Wildman–Crippen MR) is 139 cm³/mol. The largest absolute Gasteiger partial charge is 0.489 e. The van der Waals surface area contributed by atoms with Gasteiger partial charge in [-0.2, -0.15) is 8.78 Å². The third kappa shape index (κ3) is 7.61. The molecule has 39 heavy (non-hydrogen) atoms. The van der Waals surface area contributed by atoms with Crippen LogP contribution in [0, 0.1) is 5.92 Å². The number of likely N-dealkylation sites (N-methyl/N-ethyl adjacent to an activating group) is 1. The summed E-state index contributed by atoms with van der Waals surface area (Å²) < 4.78 is 52.2. The maximum Gasteiger partial charge on any atom is 0.387 e. The second-order valence-electron chi connectivity index (χ2n) is 8.69. The number of esters is 2. The van der Waals surface area contributed by atoms with Crippen LogP contribution in [0.1, 0.15) is 41.9 Å². The molecular weight excluding hydrogens is 563 g/mol. The highest BCUT2D eigenvalue weighted by atomic mass is 35.5. The molecule has 0 amide bonds. The maximum atomic E-state index is 13.1. The van der Waals surface area contributed by atoms with Crippen LogP contribution in [-0.2, 0) is 14.3 Å². The van der Waals surface area contributed by atoms with E-state index in [0.717, 1.165) is 12.8 Å². The number of ether oxygens (including phenoxy) is 5. The van der Waals surface area contributed by atoms with Gasteiger partial charge in [-0.05, 0) is 49.9 Å². The van der Waals surface area contributed by atoms with Crippen LogP contribution in [-0.4, -0.2) is 55.2 Å². The minimum Gasteiger partial charge on any atom is -0.489 e. The Kier molecular flexibility index (Phi) is 11.1. The molecule has 0 spiro atoms. The number of hydrogen-bond donors (Lipinski definition) is 1. The van der Waals surface area contributed by atoms with E-state index in [9.17, 15) is 18.4 Å². The zero-order chi connectivity index (χ0) is 26.7. The molecule has 1 aromatic carbocycles. The molecule has 0 saturated heterocycles. The van der Waals surface area contributed by atoms with E-state index in [1.54, 1.807) is 26.1 Å². The van der Waals surface area contributed by atoms with Crippen LogP contribution in [0.25, 0.3) is 0 Å². The minimum atomic E-state index is -3.01. The molecule has 14 heteroatoms. The molecular formula is C25H29Cl2F2N3O7. The highest BCUT2D eigenvalue weighted by molar-refractivity contribution is 5.91. The molecule has 2 atom stereocenters. The fraction of sp³-hybridized carbons (Fsp3) is 0.400. The fourth-order valence-electron chi connectivity index (χ4n) is 3.70. The standard InChI is InChI=1S/C25H27F2N3O7.2ClH/c1-13(28)21-20(24(32)36-19-9-7-16(11-29-19)23(31)33-3)30(2)22(37-21)15-6-8-17(35-25(26)27)18(10-15)34-12-14-4-5-14;;/h6-11,13-14,22,25H,4-5,12,28H2,1-3H3;2*1H/t13-,22-;;/m0../s1. The molecule has 214 valence electrons. The summed E-state index contributed by atoms with van der Waals surface area (Å²) >= 11 is 0. The highest BCUT2D eigenvalue weighted by Crippen LogP contribution is 2.41. The first-order valence-corrected chi connectivity index (χ1v) is 11.5. The maximum absolute atomic E-state index is 13.1. The summed E-state index contributed by atoms with van der Waals surface area (Å²) in [6.45, 7) is -0.985. The Bertz CT molecular complexity index is 1190. The number of nitrogens with zero attached hydrogens (tertiary/aromatic N) is 2. The van der Waals surface area contributed by atoms with Gasteiger partial charge in [0.1, 0.15) is 5.76 Å². The summed E-state index contributed by atoms with van der Waals surface area (Å²) in [5.41, 5.74) is 6.85. The number of hydrogen-bond acceptors (Lipinski definition) is 10. The van der Waals surface area contributed by atoms with Crippen molar-refractivity contribution < 1.29 is 42.1 Å². The van der Waals surface area contributed by atoms with E-state index < -0.39 is 30.8 Å². The van der Waals surface area contributed by atoms with E-state index >= 15 is 0 Å². The van der Waals surface area contributed by atoms with Gasteiger partial charge in [0.15, 0.2) is 23.4 Å². The highest BCUT2D eigenvalue weighted by Gasteiger charge is 2.39. The van der Waals surface area contributed by atoms with E-state index in [1.807, 2.05) is 0 Å². The molecule has 0 unspecified atom stereocenters. The van der Waals surface area contributed by atoms with Crippen molar-refractivity contribution in [2.24, 2.45) is 11.7 Å². The summed E-state index contributed by atoms with van der Waals surface area (Å²) in [7, 11) is 2.85. The van der Waals surface area contributed by atoms with Crippen molar-refractivity contribution in [3.63, 3.8) is 0 Å². The summed E-state index contributed by atoms with van der Waals surface area (Å²) in [4.78, 5) is 30.2. The first-order valence-electron chi connectivity index (χ1n) is 11.5. The Labute approximate surface area is 236 Å². The van der Waals surface area contributed by atoms with Gasteiger partial charge in [0, 0.05) is 24.9 Å². The van der Waals surface area contributed by atoms with Gasteiger partial charge in [0.2, 0.25) is 5.88 Å². The second-order valence-corrected chi connectivity index (χ2v) is 8.69. The lowest BCUT2D eigenvalue weighted by molar-refractivity contribution is -0.132. The van der Waals surface area contributed by atoms with Crippen molar-refractivity contribution >= 4 is 36.8 Å². The third-order valence-corrected chi connectivity index (χ3v) is 5.78. The average molecular weight is 592 g/mol. The number of alkyl halides is 2. The van der Waals surface area contributed by atoms with Crippen molar-refractivity contribution in [1.82, 2.24) is 9.88 Å².